The number of halogens is 1. The molecular weight excluding hydrogens is 630 g/mol. The van der Waals surface area contributed by atoms with Crippen molar-refractivity contribution in [3.05, 3.63) is 135 Å². The number of amides is 1. The summed E-state index contributed by atoms with van der Waals surface area (Å²) in [5.41, 5.74) is 8.09. The van der Waals surface area contributed by atoms with Crippen LogP contribution in [0.2, 0.25) is 5.02 Å². The van der Waals surface area contributed by atoms with Gasteiger partial charge in [-0.1, -0.05) is 89.6 Å². The molecule has 1 aromatic heterocycles. The minimum Gasteiger partial charge on any atom is -0.493 e. The summed E-state index contributed by atoms with van der Waals surface area (Å²) in [6, 6.07) is 27.0. The first-order valence-electron chi connectivity index (χ1n) is 15.3. The zero-order valence-electron chi connectivity index (χ0n) is 26.9. The number of hydrogen-bond acceptors (Lipinski definition) is 7. The van der Waals surface area contributed by atoms with Gasteiger partial charge in [0, 0.05) is 22.2 Å². The zero-order valence-corrected chi connectivity index (χ0v) is 28.5. The molecule has 1 aliphatic rings. The number of aryl methyl sites for hydroxylation is 2. The molecule has 10 heteroatoms. The Bertz CT molecular complexity index is 1970. The van der Waals surface area contributed by atoms with Crippen LogP contribution in [0.1, 0.15) is 46.3 Å². The van der Waals surface area contributed by atoms with Crippen LogP contribution in [0.15, 0.2) is 101 Å². The summed E-state index contributed by atoms with van der Waals surface area (Å²) in [7, 11) is 1.61. The molecule has 5 aromatic rings. The molecule has 0 saturated heterocycles. The smallest absolute Gasteiger partial charge is 0.255 e. The molecule has 6 rings (SSSR count). The van der Waals surface area contributed by atoms with E-state index in [0.717, 1.165) is 33.5 Å². The predicted octanol–water partition coefficient (Wildman–Crippen LogP) is 8.66. The van der Waals surface area contributed by atoms with Gasteiger partial charge in [0.1, 0.15) is 12.6 Å². The summed E-state index contributed by atoms with van der Waals surface area (Å²) < 4.78 is 13.7. The maximum absolute atomic E-state index is 14.1. The molecule has 1 unspecified atom stereocenters. The van der Waals surface area contributed by atoms with Crippen LogP contribution in [0.5, 0.6) is 11.5 Å². The molecule has 8 nitrogen and oxygen atoms in total. The number of carbonyl (C=O) groups is 1. The number of benzene rings is 4. The SMILES string of the molecule is COc1cc(C2C(C(=O)Nc3cccc(C)c3C)=C(C)Nc3nc(SCc4ccccc4Cl)nn32)ccc1OCc1ccc(C)cc1. The highest BCUT2D eigenvalue weighted by Gasteiger charge is 2.35. The first kappa shape index (κ1) is 32.2. The predicted molar refractivity (Wildman–Crippen MR) is 189 cm³/mol. The molecule has 47 heavy (non-hydrogen) atoms. The molecule has 1 atom stereocenters. The molecule has 0 saturated carbocycles. The molecule has 240 valence electrons. The lowest BCUT2D eigenvalue weighted by Crippen LogP contribution is -2.31. The van der Waals surface area contributed by atoms with Gasteiger partial charge in [0.15, 0.2) is 11.5 Å². The average Bonchev–Trinajstić information content (AvgIpc) is 3.47. The van der Waals surface area contributed by atoms with E-state index in [1.54, 1.807) is 11.8 Å². The highest BCUT2D eigenvalue weighted by atomic mass is 35.5. The van der Waals surface area contributed by atoms with Gasteiger partial charge in [-0.15, -0.1) is 5.10 Å². The van der Waals surface area contributed by atoms with Gasteiger partial charge in [-0.3, -0.25) is 4.79 Å². The minimum atomic E-state index is -0.599. The van der Waals surface area contributed by atoms with E-state index in [9.17, 15) is 4.79 Å². The van der Waals surface area contributed by atoms with Crippen LogP contribution in [0.4, 0.5) is 11.6 Å². The molecule has 0 radical (unpaired) electrons. The van der Waals surface area contributed by atoms with Crippen LogP contribution in [-0.4, -0.2) is 27.8 Å². The number of thioether (sulfide) groups is 1. The molecule has 1 aliphatic heterocycles. The maximum Gasteiger partial charge on any atom is 0.255 e. The number of hydrogen-bond donors (Lipinski definition) is 2. The van der Waals surface area contributed by atoms with E-state index in [1.807, 2.05) is 93.6 Å². The summed E-state index contributed by atoms with van der Waals surface area (Å²) >= 11 is 7.89. The van der Waals surface area contributed by atoms with Crippen molar-refractivity contribution in [1.29, 1.82) is 0 Å². The van der Waals surface area contributed by atoms with Gasteiger partial charge in [0.05, 0.1) is 12.7 Å². The van der Waals surface area contributed by atoms with Crippen LogP contribution >= 0.6 is 23.4 Å². The van der Waals surface area contributed by atoms with Crippen LogP contribution in [0, 0.1) is 20.8 Å². The number of ether oxygens (including phenoxy) is 2. The van der Waals surface area contributed by atoms with Crippen LogP contribution in [-0.2, 0) is 17.2 Å². The number of aromatic nitrogens is 3. The van der Waals surface area contributed by atoms with E-state index >= 15 is 0 Å². The molecule has 2 N–H and O–H groups in total. The van der Waals surface area contributed by atoms with Crippen molar-refractivity contribution in [2.45, 2.75) is 51.3 Å². The van der Waals surface area contributed by atoms with Gasteiger partial charge in [-0.2, -0.15) is 4.98 Å². The quantitative estimate of drug-likeness (QED) is 0.144. The fourth-order valence-corrected chi connectivity index (χ4v) is 6.56. The van der Waals surface area contributed by atoms with Crippen molar-refractivity contribution in [2.24, 2.45) is 0 Å². The third kappa shape index (κ3) is 7.01. The normalized spacial score (nSPS) is 14.0. The second-order valence-corrected chi connectivity index (χ2v) is 12.8. The molecule has 0 aliphatic carbocycles. The summed E-state index contributed by atoms with van der Waals surface area (Å²) in [4.78, 5) is 18.9. The van der Waals surface area contributed by atoms with Crippen molar-refractivity contribution in [3.8, 4) is 11.5 Å². The zero-order chi connectivity index (χ0) is 33.1. The summed E-state index contributed by atoms with van der Waals surface area (Å²) in [6.45, 7) is 8.36. The van der Waals surface area contributed by atoms with Crippen molar-refractivity contribution in [3.63, 3.8) is 0 Å². The van der Waals surface area contributed by atoms with Crippen molar-refractivity contribution in [2.75, 3.05) is 17.7 Å². The molecule has 0 spiro atoms. The van der Waals surface area contributed by atoms with E-state index in [4.69, 9.17) is 31.2 Å². The molecule has 0 bridgehead atoms. The van der Waals surface area contributed by atoms with Gasteiger partial charge in [0.2, 0.25) is 11.1 Å². The first-order chi connectivity index (χ1) is 22.7. The van der Waals surface area contributed by atoms with Crippen LogP contribution in [0.3, 0.4) is 0 Å². The summed E-state index contributed by atoms with van der Waals surface area (Å²) in [5.74, 6) is 2.05. The van der Waals surface area contributed by atoms with Gasteiger partial charge in [0.25, 0.3) is 5.91 Å². The lowest BCUT2D eigenvalue weighted by atomic mass is 9.94. The number of carbonyl (C=O) groups excluding carboxylic acids is 1. The van der Waals surface area contributed by atoms with E-state index in [2.05, 4.69) is 29.7 Å². The third-order valence-electron chi connectivity index (χ3n) is 8.26. The lowest BCUT2D eigenvalue weighted by molar-refractivity contribution is -0.113. The minimum absolute atomic E-state index is 0.237. The first-order valence-corrected chi connectivity index (χ1v) is 16.6. The van der Waals surface area contributed by atoms with Gasteiger partial charge in [-0.25, -0.2) is 4.68 Å². The van der Waals surface area contributed by atoms with E-state index in [1.165, 1.54) is 17.3 Å². The van der Waals surface area contributed by atoms with E-state index in [-0.39, 0.29) is 5.91 Å². The number of nitrogens with one attached hydrogen (secondary N) is 2. The van der Waals surface area contributed by atoms with E-state index < -0.39 is 6.04 Å². The Hall–Kier alpha value is -4.73. The number of allylic oxidation sites excluding steroid dienone is 1. The average molecular weight is 666 g/mol. The monoisotopic (exact) mass is 665 g/mol. The standard InChI is InChI=1S/C37H36ClN5O3S/c1-22-13-15-26(16-14-22)20-46-31-18-17-27(19-32(31)45-5)34-33(35(44)40-30-12-8-9-23(2)24(30)3)25(4)39-36-41-37(42-43(34)36)47-21-28-10-6-7-11-29(28)38/h6-19,34H,20-21H2,1-5H3,(H,40,44)(H,39,41,42). The Kier molecular flexibility index (Phi) is 9.56. The Labute approximate surface area is 284 Å². The molecule has 1 amide bonds. The highest BCUT2D eigenvalue weighted by Crippen LogP contribution is 2.40. The Balaban J connectivity index is 1.35. The van der Waals surface area contributed by atoms with Gasteiger partial charge < -0.3 is 20.1 Å². The fraction of sp³-hybridized carbons (Fsp3) is 0.216. The number of anilines is 2. The fourth-order valence-electron chi connectivity index (χ4n) is 5.45. The Morgan fingerprint density at radius 1 is 0.979 bits per heavy atom. The molecular formula is C37H36ClN5O3S. The van der Waals surface area contributed by atoms with Crippen molar-refractivity contribution < 1.29 is 14.3 Å². The molecule has 0 fully saturated rings. The Morgan fingerprint density at radius 2 is 1.77 bits per heavy atom. The van der Waals surface area contributed by atoms with E-state index in [0.29, 0.717) is 51.3 Å². The highest BCUT2D eigenvalue weighted by molar-refractivity contribution is 7.98. The van der Waals surface area contributed by atoms with Crippen molar-refractivity contribution in [1.82, 2.24) is 14.8 Å². The largest absolute Gasteiger partial charge is 0.493 e. The summed E-state index contributed by atoms with van der Waals surface area (Å²) in [5, 5.41) is 12.6. The molecule has 2 heterocycles. The van der Waals surface area contributed by atoms with Crippen LogP contribution in [0.25, 0.3) is 0 Å². The second kappa shape index (κ2) is 13.9. The second-order valence-electron chi connectivity index (χ2n) is 11.5. The lowest BCUT2D eigenvalue weighted by Gasteiger charge is -2.29. The maximum atomic E-state index is 14.1. The van der Waals surface area contributed by atoms with Gasteiger partial charge in [-0.05, 0) is 79.8 Å². The Morgan fingerprint density at radius 3 is 2.53 bits per heavy atom. The third-order valence-corrected chi connectivity index (χ3v) is 9.52. The summed E-state index contributed by atoms with van der Waals surface area (Å²) in [6.07, 6.45) is 0. The number of nitrogens with zero attached hydrogens (tertiary/aromatic N) is 3. The molecule has 4 aromatic carbocycles. The van der Waals surface area contributed by atoms with Crippen molar-refractivity contribution >= 4 is 40.9 Å². The number of rotatable bonds is 10. The van der Waals surface area contributed by atoms with Gasteiger partial charge >= 0.3 is 0 Å². The topological polar surface area (TPSA) is 90.3 Å². The number of methoxy groups -OCH3 is 1. The number of fused-ring (bicyclic) bond motifs is 1. The van der Waals surface area contributed by atoms with Crippen LogP contribution < -0.4 is 20.1 Å².